The molecule has 15 heteroatoms. The Hall–Kier alpha value is -4.87. The van der Waals surface area contributed by atoms with Gasteiger partial charge in [0.05, 0.1) is 23.2 Å². The number of hydrogen-bond acceptors (Lipinski definition) is 9. The molecule has 37 heavy (non-hydrogen) atoms. The lowest BCUT2D eigenvalue weighted by Gasteiger charge is -2.32. The van der Waals surface area contributed by atoms with Crippen LogP contribution in [-0.4, -0.2) is 63.6 Å². The monoisotopic (exact) mass is 509 g/mol. The van der Waals surface area contributed by atoms with Gasteiger partial charge in [-0.25, -0.2) is 24.3 Å². The molecule has 2 N–H and O–H groups in total. The minimum atomic E-state index is -4.67. The number of nitrogens with two attached hydrogens (primary N) is 1. The van der Waals surface area contributed by atoms with Crippen molar-refractivity contribution in [3.63, 3.8) is 0 Å². The highest BCUT2D eigenvalue weighted by Gasteiger charge is 2.33. The Morgan fingerprint density at radius 1 is 1.30 bits per heavy atom. The molecule has 5 heterocycles. The van der Waals surface area contributed by atoms with Crippen molar-refractivity contribution in [1.29, 1.82) is 5.26 Å². The van der Waals surface area contributed by atoms with Crippen molar-refractivity contribution >= 4 is 22.8 Å². The van der Waals surface area contributed by atoms with E-state index in [1.165, 1.54) is 18.6 Å². The summed E-state index contributed by atoms with van der Waals surface area (Å²) in [7, 11) is 0. The summed E-state index contributed by atoms with van der Waals surface area (Å²) >= 11 is 0. The molecule has 1 amide bonds. The van der Waals surface area contributed by atoms with Crippen molar-refractivity contribution < 1.29 is 18.0 Å². The highest BCUT2D eigenvalue weighted by Crippen LogP contribution is 2.34. The van der Waals surface area contributed by atoms with Crippen LogP contribution in [0.5, 0.6) is 0 Å². The number of carbonyl (C=O) groups is 1. The molecule has 1 aliphatic rings. The summed E-state index contributed by atoms with van der Waals surface area (Å²) in [5.74, 6) is -0.0736. The quantitative estimate of drug-likeness (QED) is 0.408. The predicted octanol–water partition coefficient (Wildman–Crippen LogP) is 2.29. The van der Waals surface area contributed by atoms with E-state index in [0.29, 0.717) is 30.3 Å². The number of carbonyl (C=O) groups excluding carboxylic acids is 1. The minimum absolute atomic E-state index is 0.120. The molecule has 1 aliphatic heterocycles. The summed E-state index contributed by atoms with van der Waals surface area (Å²) in [6.45, 7) is 4.50. The Kier molecular flexibility index (Phi) is 5.78. The summed E-state index contributed by atoms with van der Waals surface area (Å²) < 4.78 is 42.4. The van der Waals surface area contributed by atoms with Crippen LogP contribution in [0.4, 0.5) is 19.0 Å². The number of rotatable bonds is 4. The highest BCUT2D eigenvalue weighted by molar-refractivity contribution is 5.97. The molecule has 0 aliphatic carbocycles. The molecule has 1 fully saturated rings. The molecule has 1 saturated heterocycles. The number of hydrogen-bond donors (Lipinski definition) is 1. The Morgan fingerprint density at radius 2 is 2.11 bits per heavy atom. The van der Waals surface area contributed by atoms with Gasteiger partial charge in [-0.2, -0.15) is 23.5 Å². The number of nitrogens with zero attached hydrogens (tertiary/aromatic N) is 10. The van der Waals surface area contributed by atoms with E-state index in [1.807, 2.05) is 0 Å². The van der Waals surface area contributed by atoms with Crippen molar-refractivity contribution in [2.45, 2.75) is 25.1 Å². The maximum Gasteiger partial charge on any atom is 0.417 e. The van der Waals surface area contributed by atoms with Gasteiger partial charge in [0, 0.05) is 19.3 Å². The van der Waals surface area contributed by atoms with Crippen LogP contribution in [0.15, 0.2) is 37.4 Å². The average molecular weight is 509 g/mol. The second-order valence-electron chi connectivity index (χ2n) is 8.28. The molecule has 0 bridgehead atoms. The van der Waals surface area contributed by atoms with Crippen LogP contribution in [0.3, 0.4) is 0 Å². The minimum Gasteiger partial charge on any atom is -0.383 e. The summed E-state index contributed by atoms with van der Waals surface area (Å²) in [5.41, 5.74) is 5.48. The smallest absolute Gasteiger partial charge is 0.383 e. The molecule has 0 aromatic carbocycles. The van der Waals surface area contributed by atoms with Gasteiger partial charge in [-0.05, 0) is 25.0 Å². The number of anilines is 1. The van der Waals surface area contributed by atoms with Gasteiger partial charge in [-0.1, -0.05) is 11.8 Å². The van der Waals surface area contributed by atoms with Crippen LogP contribution in [0.25, 0.3) is 28.1 Å². The first kappa shape index (κ1) is 23.9. The maximum absolute atomic E-state index is 13.2. The average Bonchev–Trinajstić information content (AvgIpc) is 3.53. The normalized spacial score (nSPS) is 16.1. The largest absolute Gasteiger partial charge is 0.417 e. The number of halogens is 3. The van der Waals surface area contributed by atoms with E-state index in [2.05, 4.69) is 36.9 Å². The van der Waals surface area contributed by atoms with Crippen LogP contribution < -0.4 is 5.73 Å². The Labute approximate surface area is 206 Å². The van der Waals surface area contributed by atoms with Crippen LogP contribution in [0, 0.1) is 11.3 Å². The van der Waals surface area contributed by atoms with Crippen LogP contribution in [0.2, 0.25) is 0 Å². The molecule has 4 aromatic heterocycles. The number of amides is 1. The standard InChI is InChI=1S/C22H18F3N11O/c1-2-17(37)34-5-3-4-13(9-34)36-21-18(20(27)29-11-30-21)19(32-36)15-10-35(33-31-15)16-6-12(22(23,24)25)8-28-14(16)7-26/h2,6,8,10-11,13H,1,3-5,9H2,(H2,27,29,30)/t13-/m1/s1. The van der Waals surface area contributed by atoms with Crippen LogP contribution >= 0.6 is 0 Å². The highest BCUT2D eigenvalue weighted by atomic mass is 19.4. The van der Waals surface area contributed by atoms with E-state index in [9.17, 15) is 23.2 Å². The number of pyridine rings is 1. The molecule has 1 atom stereocenters. The number of nitriles is 1. The zero-order chi connectivity index (χ0) is 26.3. The molecule has 12 nitrogen and oxygen atoms in total. The Morgan fingerprint density at radius 3 is 2.84 bits per heavy atom. The molecule has 0 spiro atoms. The zero-order valence-electron chi connectivity index (χ0n) is 19.1. The predicted molar refractivity (Wildman–Crippen MR) is 123 cm³/mol. The molecule has 0 saturated carbocycles. The van der Waals surface area contributed by atoms with Gasteiger partial charge in [0.15, 0.2) is 11.3 Å². The van der Waals surface area contributed by atoms with Gasteiger partial charge >= 0.3 is 6.18 Å². The number of fused-ring (bicyclic) bond motifs is 1. The van der Waals surface area contributed by atoms with Crippen molar-refractivity contribution in [1.82, 2.24) is 44.6 Å². The maximum atomic E-state index is 13.2. The van der Waals surface area contributed by atoms with Crippen molar-refractivity contribution in [2.24, 2.45) is 0 Å². The zero-order valence-corrected chi connectivity index (χ0v) is 19.1. The third-order valence-corrected chi connectivity index (χ3v) is 6.03. The lowest BCUT2D eigenvalue weighted by Crippen LogP contribution is -2.40. The topological polar surface area (TPSA) is 157 Å². The van der Waals surface area contributed by atoms with Crippen LogP contribution in [0.1, 0.15) is 30.1 Å². The Balaban J connectivity index is 1.60. The Bertz CT molecular complexity index is 1570. The number of alkyl halides is 3. The third kappa shape index (κ3) is 4.22. The second-order valence-corrected chi connectivity index (χ2v) is 8.28. The fourth-order valence-electron chi connectivity index (χ4n) is 4.27. The van der Waals surface area contributed by atoms with Gasteiger partial charge in [-0.3, -0.25) is 4.79 Å². The molecule has 0 unspecified atom stereocenters. The van der Waals surface area contributed by atoms with Gasteiger partial charge in [0.1, 0.15) is 35.3 Å². The van der Waals surface area contributed by atoms with E-state index in [4.69, 9.17) is 5.73 Å². The SMILES string of the molecule is C=CC(=O)N1CCC[C@@H](n2nc(-c3cn(-c4cc(C(F)(F)F)cnc4C#N)nn3)c3c(N)ncnc32)C1. The van der Waals surface area contributed by atoms with Crippen molar-refractivity contribution in [3.8, 4) is 23.1 Å². The van der Waals surface area contributed by atoms with Gasteiger partial charge in [0.25, 0.3) is 0 Å². The van der Waals surface area contributed by atoms with E-state index < -0.39 is 11.7 Å². The summed E-state index contributed by atoms with van der Waals surface area (Å²) in [5, 5.41) is 22.4. The van der Waals surface area contributed by atoms with Gasteiger partial charge in [-0.15, -0.1) is 5.10 Å². The molecular weight excluding hydrogens is 491 g/mol. The van der Waals surface area contributed by atoms with E-state index >= 15 is 0 Å². The molecule has 0 radical (unpaired) electrons. The van der Waals surface area contributed by atoms with Gasteiger partial charge in [0.2, 0.25) is 5.91 Å². The molecule has 4 aromatic rings. The first-order valence-electron chi connectivity index (χ1n) is 11.0. The number of aromatic nitrogens is 8. The first-order chi connectivity index (χ1) is 17.7. The van der Waals surface area contributed by atoms with Crippen molar-refractivity contribution in [2.75, 3.05) is 18.8 Å². The summed E-state index contributed by atoms with van der Waals surface area (Å²) in [4.78, 5) is 25.8. The van der Waals surface area contributed by atoms with E-state index in [-0.39, 0.29) is 40.5 Å². The van der Waals surface area contributed by atoms with E-state index in [0.717, 1.165) is 23.6 Å². The summed E-state index contributed by atoms with van der Waals surface area (Å²) in [6.07, 6.45) is 1.24. The molecule has 5 rings (SSSR count). The fraction of sp³-hybridized carbons (Fsp3) is 0.273. The number of nitrogen functional groups attached to an aromatic ring is 1. The lowest BCUT2D eigenvalue weighted by atomic mass is 10.1. The van der Waals surface area contributed by atoms with E-state index in [1.54, 1.807) is 15.7 Å². The second kappa shape index (κ2) is 8.97. The third-order valence-electron chi connectivity index (χ3n) is 6.03. The lowest BCUT2D eigenvalue weighted by molar-refractivity contribution is -0.137. The molecule has 188 valence electrons. The van der Waals surface area contributed by atoms with Crippen molar-refractivity contribution in [3.05, 3.63) is 48.7 Å². The molecular formula is C22H18F3N11O. The fourth-order valence-corrected chi connectivity index (χ4v) is 4.27. The van der Waals surface area contributed by atoms with Gasteiger partial charge < -0.3 is 10.6 Å². The first-order valence-corrected chi connectivity index (χ1v) is 11.0. The number of piperidine rings is 1. The number of likely N-dealkylation sites (tertiary alicyclic amines) is 1. The van der Waals surface area contributed by atoms with Crippen LogP contribution in [-0.2, 0) is 11.0 Å². The summed E-state index contributed by atoms with van der Waals surface area (Å²) in [6, 6.07) is 2.30.